The molecule has 63 heavy (non-hydrogen) atoms. The number of benzene rings is 9. The van der Waals surface area contributed by atoms with Crippen LogP contribution in [0.3, 0.4) is 0 Å². The smallest absolute Gasteiger partial charge is 0.142 e. The van der Waals surface area contributed by atoms with Crippen molar-refractivity contribution in [3.8, 4) is 33.4 Å². The minimum absolute atomic E-state index is 0.165. The zero-order valence-electron chi connectivity index (χ0n) is 35.9. The van der Waals surface area contributed by atoms with Gasteiger partial charge in [-0.2, -0.15) is 0 Å². The topological polar surface area (TPSA) is 16.4 Å². The first-order valence-electron chi connectivity index (χ1n) is 22.3. The number of para-hydroxylation sites is 1. The maximum absolute atomic E-state index is 7.31. The Labute approximate surface area is 368 Å². The van der Waals surface area contributed by atoms with Gasteiger partial charge in [0.25, 0.3) is 0 Å². The molecular weight excluding hydrogens is 763 g/mol. The van der Waals surface area contributed by atoms with E-state index in [9.17, 15) is 0 Å². The molecule has 0 fully saturated rings. The first-order chi connectivity index (χ1) is 30.8. The van der Waals surface area contributed by atoms with Gasteiger partial charge in [0, 0.05) is 33.2 Å². The molecule has 0 saturated heterocycles. The van der Waals surface area contributed by atoms with Crippen LogP contribution in [0.5, 0.6) is 0 Å². The molecule has 0 bridgehead atoms. The average molecular weight is 808 g/mol. The van der Waals surface area contributed by atoms with Crippen LogP contribution in [0, 0.1) is 0 Å². The summed E-state index contributed by atoms with van der Waals surface area (Å²) in [6.07, 6.45) is 0. The number of furan rings is 1. The molecule has 2 nitrogen and oxygen atoms in total. The first-order valence-corrected chi connectivity index (χ1v) is 22.3. The maximum atomic E-state index is 7.31. The van der Waals surface area contributed by atoms with Gasteiger partial charge in [-0.25, -0.2) is 0 Å². The van der Waals surface area contributed by atoms with Crippen molar-refractivity contribution in [3.63, 3.8) is 0 Å². The summed E-state index contributed by atoms with van der Waals surface area (Å²) in [4.78, 5) is 2.51. The van der Waals surface area contributed by atoms with Crippen LogP contribution >= 0.6 is 0 Å². The highest BCUT2D eigenvalue weighted by molar-refractivity contribution is 6.15. The van der Waals surface area contributed by atoms with Crippen LogP contribution < -0.4 is 4.90 Å². The van der Waals surface area contributed by atoms with Gasteiger partial charge in [0.15, 0.2) is 0 Å². The summed E-state index contributed by atoms with van der Waals surface area (Å²) < 4.78 is 7.31. The Morgan fingerprint density at radius 2 is 0.810 bits per heavy atom. The van der Waals surface area contributed by atoms with E-state index in [4.69, 9.17) is 4.42 Å². The molecule has 9 aromatic carbocycles. The molecule has 2 heteroatoms. The largest absolute Gasteiger partial charge is 0.456 e. The summed E-state index contributed by atoms with van der Waals surface area (Å²) in [6.45, 7) is 9.49. The van der Waals surface area contributed by atoms with Crippen LogP contribution in [0.4, 0.5) is 17.1 Å². The number of hydrogen-bond donors (Lipinski definition) is 0. The molecule has 0 N–H and O–H groups in total. The summed E-state index contributed by atoms with van der Waals surface area (Å²) in [5.41, 5.74) is 22.2. The van der Waals surface area contributed by atoms with Gasteiger partial charge in [-0.3, -0.25) is 0 Å². The number of nitrogens with zero attached hydrogens (tertiary/aromatic N) is 1. The number of hydrogen-bond acceptors (Lipinski definition) is 2. The third-order valence-corrected chi connectivity index (χ3v) is 15.0. The van der Waals surface area contributed by atoms with Crippen LogP contribution in [0.15, 0.2) is 205 Å². The van der Waals surface area contributed by atoms with Gasteiger partial charge in [-0.15, -0.1) is 0 Å². The molecule has 3 aliphatic carbocycles. The molecule has 0 amide bonds. The lowest BCUT2D eigenvalue weighted by atomic mass is 9.67. The van der Waals surface area contributed by atoms with E-state index in [0.717, 1.165) is 44.6 Å². The SMILES string of the molecule is CC1(C)c2ccccc2-c2ccc(N(c3ccc4c(c3)C(C)(C)c3ccccc3-4)c3ccc(C4(c5ccccc5)c5ccccc5-c5ccccc54)c4oc5ccccc5c34)cc21. The van der Waals surface area contributed by atoms with Gasteiger partial charge >= 0.3 is 0 Å². The van der Waals surface area contributed by atoms with Crippen molar-refractivity contribution in [1.29, 1.82) is 0 Å². The summed E-state index contributed by atoms with van der Waals surface area (Å²) in [5, 5.41) is 2.20. The van der Waals surface area contributed by atoms with Gasteiger partial charge in [0.05, 0.1) is 16.5 Å². The predicted octanol–water partition coefficient (Wildman–Crippen LogP) is 16.0. The van der Waals surface area contributed by atoms with Gasteiger partial charge in [0.2, 0.25) is 0 Å². The van der Waals surface area contributed by atoms with Crippen molar-refractivity contribution < 1.29 is 4.42 Å². The van der Waals surface area contributed by atoms with Crippen LogP contribution in [-0.2, 0) is 16.2 Å². The van der Waals surface area contributed by atoms with E-state index in [1.54, 1.807) is 0 Å². The van der Waals surface area contributed by atoms with E-state index in [1.165, 1.54) is 72.3 Å². The van der Waals surface area contributed by atoms with Gasteiger partial charge in [-0.1, -0.05) is 191 Å². The minimum atomic E-state index is -0.628. The highest BCUT2D eigenvalue weighted by Crippen LogP contribution is 2.60. The van der Waals surface area contributed by atoms with Gasteiger partial charge in [-0.05, 0) is 109 Å². The second kappa shape index (κ2) is 12.8. The molecular formula is C61H45NO. The molecule has 300 valence electrons. The predicted molar refractivity (Wildman–Crippen MR) is 261 cm³/mol. The highest BCUT2D eigenvalue weighted by Gasteiger charge is 2.48. The van der Waals surface area contributed by atoms with E-state index in [2.05, 4.69) is 233 Å². The number of rotatable bonds is 5. The Balaban J connectivity index is 1.13. The Kier molecular flexibility index (Phi) is 7.37. The lowest BCUT2D eigenvalue weighted by Gasteiger charge is -2.35. The standard InChI is InChI=1S/C61H45NO/c1-59(2)48-25-13-8-20-41(48)45-32-30-39(36-53(45)59)62(40-31-33-46-42-21-9-14-26-49(42)60(3,4)54(46)37-40)55-35-34-52(58-57(55)47-24-12-17-29-56(47)63-58)61(38-18-6-5-7-19-38)50-27-15-10-22-43(50)44-23-11-16-28-51(44)61/h5-37H,1-4H3. The number of anilines is 3. The van der Waals surface area contributed by atoms with Crippen molar-refractivity contribution in [1.82, 2.24) is 0 Å². The summed E-state index contributed by atoms with van der Waals surface area (Å²) in [5.74, 6) is 0. The molecule has 0 atom stereocenters. The third-order valence-electron chi connectivity index (χ3n) is 15.0. The van der Waals surface area contributed by atoms with Gasteiger partial charge < -0.3 is 9.32 Å². The second-order valence-corrected chi connectivity index (χ2v) is 18.8. The Bertz CT molecular complexity index is 3380. The molecule has 0 unspecified atom stereocenters. The Morgan fingerprint density at radius 3 is 1.37 bits per heavy atom. The summed E-state index contributed by atoms with van der Waals surface area (Å²) >= 11 is 0. The lowest BCUT2D eigenvalue weighted by molar-refractivity contribution is 0.648. The zero-order chi connectivity index (χ0) is 42.2. The van der Waals surface area contributed by atoms with Crippen LogP contribution in [0.25, 0.3) is 55.3 Å². The van der Waals surface area contributed by atoms with E-state index >= 15 is 0 Å². The molecule has 3 aliphatic rings. The molecule has 0 aliphatic heterocycles. The monoisotopic (exact) mass is 807 g/mol. The fourth-order valence-corrected chi connectivity index (χ4v) is 12.1. The quantitative estimate of drug-likeness (QED) is 0.172. The van der Waals surface area contributed by atoms with Crippen molar-refractivity contribution in [2.24, 2.45) is 0 Å². The zero-order valence-corrected chi connectivity index (χ0v) is 35.9. The molecule has 13 rings (SSSR count). The second-order valence-electron chi connectivity index (χ2n) is 18.8. The highest BCUT2D eigenvalue weighted by atomic mass is 16.3. The van der Waals surface area contributed by atoms with Crippen LogP contribution in [0.1, 0.15) is 72.2 Å². The van der Waals surface area contributed by atoms with E-state index in [1.807, 2.05) is 0 Å². The normalized spacial score (nSPS) is 15.4. The summed E-state index contributed by atoms with van der Waals surface area (Å²) in [6, 6.07) is 74.5. The van der Waals surface area contributed by atoms with E-state index < -0.39 is 5.41 Å². The Hall–Kier alpha value is -7.42. The van der Waals surface area contributed by atoms with Gasteiger partial charge in [0.1, 0.15) is 11.2 Å². The lowest BCUT2D eigenvalue weighted by Crippen LogP contribution is -2.29. The first kappa shape index (κ1) is 36.3. The van der Waals surface area contributed by atoms with Crippen LogP contribution in [0.2, 0.25) is 0 Å². The molecule has 1 heterocycles. The Morgan fingerprint density at radius 1 is 0.365 bits per heavy atom. The number of fused-ring (bicyclic) bond motifs is 12. The maximum Gasteiger partial charge on any atom is 0.142 e. The molecule has 10 aromatic rings. The van der Waals surface area contributed by atoms with Crippen LogP contribution in [-0.4, -0.2) is 0 Å². The van der Waals surface area contributed by atoms with Crippen molar-refractivity contribution in [3.05, 3.63) is 245 Å². The third kappa shape index (κ3) is 4.73. The molecule has 0 radical (unpaired) electrons. The van der Waals surface area contributed by atoms with Crippen molar-refractivity contribution >= 4 is 39.0 Å². The molecule has 0 saturated carbocycles. The van der Waals surface area contributed by atoms with Crippen molar-refractivity contribution in [2.75, 3.05) is 4.90 Å². The molecule has 1 aromatic heterocycles. The fraction of sp³-hybridized carbons (Fsp3) is 0.115. The fourth-order valence-electron chi connectivity index (χ4n) is 12.1. The average Bonchev–Trinajstić information content (AvgIpc) is 4.00. The van der Waals surface area contributed by atoms with Crippen molar-refractivity contribution in [2.45, 2.75) is 43.9 Å². The van der Waals surface area contributed by atoms with E-state index in [0.29, 0.717) is 0 Å². The van der Waals surface area contributed by atoms with E-state index in [-0.39, 0.29) is 10.8 Å². The molecule has 0 spiro atoms. The minimum Gasteiger partial charge on any atom is -0.456 e. The summed E-state index contributed by atoms with van der Waals surface area (Å²) in [7, 11) is 0.